The molecule has 176 valence electrons. The van der Waals surface area contributed by atoms with E-state index in [1.807, 2.05) is 103 Å². The molecule has 1 aromatic heterocycles. The van der Waals surface area contributed by atoms with Crippen LogP contribution in [-0.4, -0.2) is 23.3 Å². The highest BCUT2D eigenvalue weighted by molar-refractivity contribution is 5.96. The molecule has 0 fully saturated rings. The molecule has 0 saturated heterocycles. The minimum atomic E-state index is -0.186. The highest BCUT2D eigenvalue weighted by Crippen LogP contribution is 2.31. The molecule has 1 unspecified atom stereocenters. The second-order valence-electron chi connectivity index (χ2n) is 8.84. The first-order chi connectivity index (χ1) is 17.1. The molecule has 0 aliphatic carbocycles. The predicted molar refractivity (Wildman–Crippen MR) is 137 cm³/mol. The van der Waals surface area contributed by atoms with Gasteiger partial charge in [0, 0.05) is 41.9 Å². The summed E-state index contributed by atoms with van der Waals surface area (Å²) < 4.78 is 6.14. The first-order valence-corrected chi connectivity index (χ1v) is 12.0. The number of benzene rings is 3. The Hall–Kier alpha value is -4.12. The number of furan rings is 1. The van der Waals surface area contributed by atoms with Crippen molar-refractivity contribution in [1.82, 2.24) is 4.90 Å². The number of nitrogens with zero attached hydrogens (tertiary/aromatic N) is 1. The van der Waals surface area contributed by atoms with Gasteiger partial charge in [-0.3, -0.25) is 9.59 Å². The van der Waals surface area contributed by atoms with Gasteiger partial charge >= 0.3 is 0 Å². The molecule has 1 atom stereocenters. The summed E-state index contributed by atoms with van der Waals surface area (Å²) in [5.74, 6) is 1.55. The first-order valence-electron chi connectivity index (χ1n) is 12.0. The Balaban J connectivity index is 1.26. The average Bonchev–Trinajstić information content (AvgIpc) is 3.34. The summed E-state index contributed by atoms with van der Waals surface area (Å²) in [7, 11) is 0. The zero-order valence-corrected chi connectivity index (χ0v) is 19.7. The van der Waals surface area contributed by atoms with E-state index >= 15 is 0 Å². The summed E-state index contributed by atoms with van der Waals surface area (Å²) in [4.78, 5) is 27.6. The Morgan fingerprint density at radius 1 is 0.943 bits per heavy atom. The zero-order chi connectivity index (χ0) is 24.2. The third kappa shape index (κ3) is 4.90. The Kier molecular flexibility index (Phi) is 6.49. The number of hydrogen-bond acceptors (Lipinski definition) is 3. The monoisotopic (exact) mass is 464 g/mol. The van der Waals surface area contributed by atoms with E-state index in [9.17, 15) is 9.59 Å². The maximum absolute atomic E-state index is 12.9. The summed E-state index contributed by atoms with van der Waals surface area (Å²) >= 11 is 0. The van der Waals surface area contributed by atoms with Crippen LogP contribution < -0.4 is 5.32 Å². The minimum Gasteiger partial charge on any atom is -0.461 e. The largest absolute Gasteiger partial charge is 0.461 e. The number of anilines is 1. The molecular formula is C30H28N2O3. The minimum absolute atomic E-state index is 0.0110. The molecule has 5 rings (SSSR count). The van der Waals surface area contributed by atoms with Gasteiger partial charge in [-0.2, -0.15) is 0 Å². The summed E-state index contributed by atoms with van der Waals surface area (Å²) in [5.41, 5.74) is 4.46. The topological polar surface area (TPSA) is 62.6 Å². The van der Waals surface area contributed by atoms with Gasteiger partial charge in [0.2, 0.25) is 5.91 Å². The van der Waals surface area contributed by atoms with E-state index in [4.69, 9.17) is 4.42 Å². The Morgan fingerprint density at radius 2 is 1.63 bits per heavy atom. The number of carbonyl (C=O) groups excluding carboxylic acids is 2. The average molecular weight is 465 g/mol. The number of carbonyl (C=O) groups is 2. The van der Waals surface area contributed by atoms with Crippen molar-refractivity contribution in [3.63, 3.8) is 0 Å². The van der Waals surface area contributed by atoms with Gasteiger partial charge in [0.1, 0.15) is 11.5 Å². The van der Waals surface area contributed by atoms with E-state index < -0.39 is 0 Å². The van der Waals surface area contributed by atoms with Crippen molar-refractivity contribution in [3.05, 3.63) is 113 Å². The van der Waals surface area contributed by atoms with Gasteiger partial charge in [0.15, 0.2) is 0 Å². The molecular weight excluding hydrogens is 436 g/mol. The van der Waals surface area contributed by atoms with Gasteiger partial charge < -0.3 is 14.6 Å². The van der Waals surface area contributed by atoms with Crippen LogP contribution in [0.1, 0.15) is 46.5 Å². The molecule has 0 radical (unpaired) electrons. The van der Waals surface area contributed by atoms with E-state index in [0.717, 1.165) is 40.3 Å². The van der Waals surface area contributed by atoms with Crippen molar-refractivity contribution in [2.45, 2.75) is 32.2 Å². The van der Waals surface area contributed by atoms with Crippen LogP contribution in [0.4, 0.5) is 5.69 Å². The Morgan fingerprint density at radius 3 is 2.31 bits per heavy atom. The fourth-order valence-electron chi connectivity index (χ4n) is 4.62. The highest BCUT2D eigenvalue weighted by atomic mass is 16.3. The summed E-state index contributed by atoms with van der Waals surface area (Å²) in [5, 5.41) is 3.04. The lowest BCUT2D eigenvalue weighted by Crippen LogP contribution is -2.35. The quantitative estimate of drug-likeness (QED) is 0.365. The molecule has 35 heavy (non-hydrogen) atoms. The van der Waals surface area contributed by atoms with Gasteiger partial charge in [0.05, 0.1) is 5.92 Å². The van der Waals surface area contributed by atoms with Crippen LogP contribution in [0.3, 0.4) is 0 Å². The van der Waals surface area contributed by atoms with Crippen molar-refractivity contribution in [2.75, 3.05) is 11.9 Å². The molecule has 5 nitrogen and oxygen atoms in total. The molecule has 3 aromatic carbocycles. The van der Waals surface area contributed by atoms with Crippen LogP contribution >= 0.6 is 0 Å². The second kappa shape index (κ2) is 10.0. The zero-order valence-electron chi connectivity index (χ0n) is 19.7. The summed E-state index contributed by atoms with van der Waals surface area (Å²) in [6.45, 7) is 3.20. The van der Waals surface area contributed by atoms with Crippen LogP contribution in [0.25, 0.3) is 11.3 Å². The highest BCUT2D eigenvalue weighted by Gasteiger charge is 2.25. The predicted octanol–water partition coefficient (Wildman–Crippen LogP) is 6.28. The first kappa shape index (κ1) is 22.7. The van der Waals surface area contributed by atoms with Crippen molar-refractivity contribution >= 4 is 17.5 Å². The molecule has 1 aliphatic heterocycles. The van der Waals surface area contributed by atoms with Gasteiger partial charge in [-0.05, 0) is 54.4 Å². The van der Waals surface area contributed by atoms with E-state index in [2.05, 4.69) is 5.32 Å². The van der Waals surface area contributed by atoms with E-state index in [1.165, 1.54) is 0 Å². The van der Waals surface area contributed by atoms with Crippen molar-refractivity contribution < 1.29 is 14.0 Å². The van der Waals surface area contributed by atoms with E-state index in [-0.39, 0.29) is 17.7 Å². The molecule has 0 saturated carbocycles. The summed E-state index contributed by atoms with van der Waals surface area (Å²) in [6, 6.07) is 29.0. The molecule has 5 heteroatoms. The lowest BCUT2D eigenvalue weighted by atomic mass is 9.95. The number of rotatable bonds is 6. The van der Waals surface area contributed by atoms with Gasteiger partial charge in [-0.15, -0.1) is 0 Å². The van der Waals surface area contributed by atoms with Gasteiger partial charge in [-0.1, -0.05) is 55.5 Å². The van der Waals surface area contributed by atoms with Crippen LogP contribution in [0.5, 0.6) is 0 Å². The molecule has 2 heterocycles. The number of hydrogen-bond donors (Lipinski definition) is 1. The van der Waals surface area contributed by atoms with E-state index in [1.54, 1.807) is 0 Å². The van der Waals surface area contributed by atoms with Gasteiger partial charge in [0.25, 0.3) is 5.91 Å². The molecule has 4 aromatic rings. The van der Waals surface area contributed by atoms with Crippen LogP contribution in [0, 0.1) is 0 Å². The SMILES string of the molecule is CCC(C(=O)Nc1ccc(-c2cc3c(o2)CCN(C(=O)c2ccccc2)C3)cc1)c1ccccc1. The number of amides is 2. The standard InChI is InChI=1S/C30H28N2O3/c1-2-26(21-9-5-3-6-10-21)29(33)31-25-15-13-22(14-16-25)28-19-24-20-32(18-17-27(24)35-28)30(34)23-11-7-4-8-12-23/h3-16,19,26H,2,17-18,20H2,1H3,(H,31,33). The van der Waals surface area contributed by atoms with E-state index in [0.29, 0.717) is 25.1 Å². The summed E-state index contributed by atoms with van der Waals surface area (Å²) in [6.07, 6.45) is 1.43. The van der Waals surface area contributed by atoms with Crippen LogP contribution in [0.2, 0.25) is 0 Å². The molecule has 0 spiro atoms. The third-order valence-corrected chi connectivity index (χ3v) is 6.54. The number of nitrogens with one attached hydrogen (secondary N) is 1. The molecule has 0 bridgehead atoms. The van der Waals surface area contributed by atoms with Crippen molar-refractivity contribution in [2.24, 2.45) is 0 Å². The van der Waals surface area contributed by atoms with Crippen molar-refractivity contribution in [3.8, 4) is 11.3 Å². The normalized spacial score (nSPS) is 13.7. The molecule has 1 N–H and O–H groups in total. The third-order valence-electron chi connectivity index (χ3n) is 6.54. The Labute approximate surface area is 205 Å². The lowest BCUT2D eigenvalue weighted by molar-refractivity contribution is -0.117. The fraction of sp³-hybridized carbons (Fsp3) is 0.200. The smallest absolute Gasteiger partial charge is 0.254 e. The second-order valence-corrected chi connectivity index (χ2v) is 8.84. The molecule has 2 amide bonds. The molecule has 1 aliphatic rings. The van der Waals surface area contributed by atoms with Crippen molar-refractivity contribution in [1.29, 1.82) is 0 Å². The lowest BCUT2D eigenvalue weighted by Gasteiger charge is -2.26. The van der Waals surface area contributed by atoms with Crippen LogP contribution in [-0.2, 0) is 17.8 Å². The maximum Gasteiger partial charge on any atom is 0.254 e. The maximum atomic E-state index is 12.9. The Bertz CT molecular complexity index is 1310. The fourth-order valence-corrected chi connectivity index (χ4v) is 4.62. The van der Waals surface area contributed by atoms with Gasteiger partial charge in [-0.25, -0.2) is 0 Å². The number of fused-ring (bicyclic) bond motifs is 1. The van der Waals surface area contributed by atoms with Crippen LogP contribution in [0.15, 0.2) is 95.4 Å².